The van der Waals surface area contributed by atoms with Gasteiger partial charge in [0.1, 0.15) is 0 Å². The molecule has 0 saturated heterocycles. The Balaban J connectivity index is 3.10. The van der Waals surface area contributed by atoms with Crippen LogP contribution in [0.1, 0.15) is 52.5 Å². The molecule has 1 aromatic carbocycles. The molecule has 0 bridgehead atoms. The van der Waals surface area contributed by atoms with Gasteiger partial charge in [-0.3, -0.25) is 0 Å². The van der Waals surface area contributed by atoms with Crippen molar-refractivity contribution in [1.82, 2.24) is 0 Å². The van der Waals surface area contributed by atoms with Crippen molar-refractivity contribution in [3.63, 3.8) is 0 Å². The summed E-state index contributed by atoms with van der Waals surface area (Å²) in [7, 11) is 0. The summed E-state index contributed by atoms with van der Waals surface area (Å²) in [6.45, 7) is 12.3. The number of aliphatic hydroxyl groups is 1. The molecule has 0 spiro atoms. The first-order valence-corrected chi connectivity index (χ1v) is 7.44. The van der Waals surface area contributed by atoms with E-state index in [0.717, 1.165) is 18.4 Å². The molecule has 20 heavy (non-hydrogen) atoms. The lowest BCUT2D eigenvalue weighted by atomic mass is 9.66. The van der Waals surface area contributed by atoms with E-state index < -0.39 is 5.60 Å². The van der Waals surface area contributed by atoms with Gasteiger partial charge in [0.15, 0.2) is 0 Å². The highest BCUT2D eigenvalue weighted by Gasteiger charge is 2.44. The Morgan fingerprint density at radius 1 is 1.25 bits per heavy atom. The van der Waals surface area contributed by atoms with Crippen molar-refractivity contribution in [1.29, 1.82) is 0 Å². The molecule has 1 rings (SSSR count). The van der Waals surface area contributed by atoms with Crippen LogP contribution in [-0.2, 0) is 5.60 Å². The van der Waals surface area contributed by atoms with Crippen molar-refractivity contribution in [2.75, 3.05) is 0 Å². The molecule has 0 fully saturated rings. The fourth-order valence-electron chi connectivity index (χ4n) is 2.79. The summed E-state index contributed by atoms with van der Waals surface area (Å²) in [5.41, 5.74) is 1.08. The molecule has 0 aliphatic rings. The average Bonchev–Trinajstić information content (AvgIpc) is 2.46. The second kappa shape index (κ2) is 6.90. The van der Waals surface area contributed by atoms with Gasteiger partial charge in [-0.25, -0.2) is 0 Å². The second-order valence-electron chi connectivity index (χ2n) is 6.02. The smallest absolute Gasteiger partial charge is 0.0981 e. The molecule has 0 heterocycles. The molecular weight excluding hydrogens is 244 g/mol. The molecule has 1 nitrogen and oxygen atoms in total. The fraction of sp³-hybridized carbons (Fsp3) is 0.474. The topological polar surface area (TPSA) is 20.2 Å². The summed E-state index contributed by atoms with van der Waals surface area (Å²) >= 11 is 0. The largest absolute Gasteiger partial charge is 0.384 e. The fourth-order valence-corrected chi connectivity index (χ4v) is 2.79. The molecule has 0 saturated carbocycles. The van der Waals surface area contributed by atoms with Crippen LogP contribution in [0.2, 0.25) is 0 Å². The van der Waals surface area contributed by atoms with Crippen molar-refractivity contribution >= 4 is 0 Å². The molecule has 0 aromatic heterocycles. The van der Waals surface area contributed by atoms with Gasteiger partial charge < -0.3 is 5.11 Å². The standard InChI is InChI=1S/C19H28O/c1-6-18(5,15-11-12-16(3)4)19(20,7-2)17-13-9-8-10-14-17/h6,8-10,12-14,20H,1,7,11,15H2,2-5H3/t18-,19+/m0/s1. The minimum atomic E-state index is -0.870. The van der Waals surface area contributed by atoms with Gasteiger partial charge in [-0.15, -0.1) is 6.58 Å². The van der Waals surface area contributed by atoms with E-state index in [1.807, 2.05) is 43.3 Å². The van der Waals surface area contributed by atoms with Crippen molar-refractivity contribution in [2.45, 2.75) is 52.6 Å². The van der Waals surface area contributed by atoms with E-state index in [2.05, 4.69) is 33.4 Å². The number of hydrogen-bond donors (Lipinski definition) is 1. The summed E-state index contributed by atoms with van der Waals surface area (Å²) < 4.78 is 0. The molecule has 1 aromatic rings. The third-order valence-electron chi connectivity index (χ3n) is 4.37. The first-order chi connectivity index (χ1) is 9.39. The molecule has 1 N–H and O–H groups in total. The van der Waals surface area contributed by atoms with Crippen LogP contribution in [0.4, 0.5) is 0 Å². The highest BCUT2D eigenvalue weighted by molar-refractivity contribution is 5.27. The van der Waals surface area contributed by atoms with Gasteiger partial charge >= 0.3 is 0 Å². The average molecular weight is 272 g/mol. The Kier molecular flexibility index (Phi) is 5.76. The molecular formula is C19H28O. The van der Waals surface area contributed by atoms with Crippen LogP contribution in [0.15, 0.2) is 54.6 Å². The maximum atomic E-state index is 11.3. The molecule has 0 aliphatic heterocycles. The SMILES string of the molecule is C=C[C@@](C)(CCC=C(C)C)[C@@](O)(CC)c1ccccc1. The van der Waals surface area contributed by atoms with Crippen molar-refractivity contribution in [2.24, 2.45) is 5.41 Å². The molecule has 110 valence electrons. The summed E-state index contributed by atoms with van der Waals surface area (Å²) in [5.74, 6) is 0. The zero-order valence-electron chi connectivity index (χ0n) is 13.3. The summed E-state index contributed by atoms with van der Waals surface area (Å²) in [5, 5.41) is 11.3. The zero-order chi connectivity index (χ0) is 15.2. The van der Waals surface area contributed by atoms with Crippen LogP contribution in [-0.4, -0.2) is 5.11 Å². The number of benzene rings is 1. The minimum Gasteiger partial charge on any atom is -0.384 e. The van der Waals surface area contributed by atoms with Gasteiger partial charge in [0.05, 0.1) is 5.60 Å². The Bertz CT molecular complexity index is 456. The highest BCUT2D eigenvalue weighted by Crippen LogP contribution is 2.46. The molecule has 1 heteroatoms. The number of hydrogen-bond acceptors (Lipinski definition) is 1. The third kappa shape index (κ3) is 3.40. The summed E-state index contributed by atoms with van der Waals surface area (Å²) in [6.07, 6.45) is 6.67. The van der Waals surface area contributed by atoms with E-state index in [-0.39, 0.29) is 5.41 Å². The lowest BCUT2D eigenvalue weighted by Gasteiger charge is -2.43. The van der Waals surface area contributed by atoms with E-state index in [9.17, 15) is 5.11 Å². The predicted octanol–water partition coefficient (Wildman–Crippen LogP) is 5.22. The van der Waals surface area contributed by atoms with E-state index in [0.29, 0.717) is 6.42 Å². The van der Waals surface area contributed by atoms with Gasteiger partial charge in [0.2, 0.25) is 0 Å². The van der Waals surface area contributed by atoms with Crippen molar-refractivity contribution < 1.29 is 5.11 Å². The highest BCUT2D eigenvalue weighted by atomic mass is 16.3. The summed E-state index contributed by atoms with van der Waals surface area (Å²) in [6, 6.07) is 9.96. The Morgan fingerprint density at radius 2 is 1.85 bits per heavy atom. The lowest BCUT2D eigenvalue weighted by molar-refractivity contribution is -0.0644. The molecule has 2 atom stereocenters. The van der Waals surface area contributed by atoms with E-state index in [4.69, 9.17) is 0 Å². The Hall–Kier alpha value is -1.34. The quantitative estimate of drug-likeness (QED) is 0.674. The van der Waals surface area contributed by atoms with Crippen LogP contribution in [0.5, 0.6) is 0 Å². The predicted molar refractivity (Wildman–Crippen MR) is 87.6 cm³/mol. The maximum Gasteiger partial charge on any atom is 0.0981 e. The zero-order valence-corrected chi connectivity index (χ0v) is 13.3. The van der Waals surface area contributed by atoms with Gasteiger partial charge in [-0.05, 0) is 38.7 Å². The van der Waals surface area contributed by atoms with Gasteiger partial charge in [0.25, 0.3) is 0 Å². The van der Waals surface area contributed by atoms with Crippen LogP contribution < -0.4 is 0 Å². The van der Waals surface area contributed by atoms with Crippen molar-refractivity contribution in [3.8, 4) is 0 Å². The second-order valence-corrected chi connectivity index (χ2v) is 6.02. The van der Waals surface area contributed by atoms with Crippen LogP contribution in [0.25, 0.3) is 0 Å². The van der Waals surface area contributed by atoms with E-state index in [1.165, 1.54) is 5.57 Å². The van der Waals surface area contributed by atoms with Crippen LogP contribution in [0.3, 0.4) is 0 Å². The molecule has 0 radical (unpaired) electrons. The molecule has 0 unspecified atom stereocenters. The minimum absolute atomic E-state index is 0.338. The Labute approximate surface area is 124 Å². The molecule has 0 amide bonds. The lowest BCUT2D eigenvalue weighted by Crippen LogP contribution is -2.42. The number of allylic oxidation sites excluding steroid dienone is 2. The number of rotatable bonds is 7. The molecule has 0 aliphatic carbocycles. The van der Waals surface area contributed by atoms with Crippen LogP contribution >= 0.6 is 0 Å². The van der Waals surface area contributed by atoms with Gasteiger partial charge in [-0.2, -0.15) is 0 Å². The van der Waals surface area contributed by atoms with E-state index in [1.54, 1.807) is 0 Å². The normalized spacial score (nSPS) is 16.9. The van der Waals surface area contributed by atoms with Gasteiger partial charge in [0, 0.05) is 5.41 Å². The van der Waals surface area contributed by atoms with Crippen molar-refractivity contribution in [3.05, 3.63) is 60.2 Å². The first-order valence-electron chi connectivity index (χ1n) is 7.44. The monoisotopic (exact) mass is 272 g/mol. The van der Waals surface area contributed by atoms with Gasteiger partial charge in [-0.1, -0.05) is 61.9 Å². The third-order valence-corrected chi connectivity index (χ3v) is 4.37. The maximum absolute atomic E-state index is 11.3. The first kappa shape index (κ1) is 16.7. The summed E-state index contributed by atoms with van der Waals surface area (Å²) in [4.78, 5) is 0. The van der Waals surface area contributed by atoms with Crippen LogP contribution in [0, 0.1) is 5.41 Å². The van der Waals surface area contributed by atoms with E-state index >= 15 is 0 Å². The Morgan fingerprint density at radius 3 is 2.30 bits per heavy atom.